The van der Waals surface area contributed by atoms with Gasteiger partial charge in [0.25, 0.3) is 0 Å². The lowest BCUT2D eigenvalue weighted by atomic mass is 10.0. The number of rotatable bonds is 12. The maximum absolute atomic E-state index is 13.4. The number of amides is 3. The minimum Gasteiger partial charge on any atom is -0.340 e. The minimum atomic E-state index is -2.93. The molecule has 0 bridgehead atoms. The summed E-state index contributed by atoms with van der Waals surface area (Å²) >= 11 is 21.9. The van der Waals surface area contributed by atoms with E-state index in [-0.39, 0.29) is 39.0 Å². The molecule has 6 N–H and O–H groups in total. The van der Waals surface area contributed by atoms with Crippen LogP contribution in [0, 0.1) is 17.5 Å². The smallest absolute Gasteiger partial charge is 0.242 e. The molecule has 492 valence electrons. The molecule has 9 unspecified atom stereocenters. The second-order valence-electron chi connectivity index (χ2n) is 21.9. The van der Waals surface area contributed by atoms with Gasteiger partial charge in [-0.05, 0) is 110 Å². The van der Waals surface area contributed by atoms with Crippen molar-refractivity contribution in [3.05, 3.63) is 168 Å². The summed E-state index contributed by atoms with van der Waals surface area (Å²) in [5.74, 6) is 8.54. The molecule has 3 aliphatic rings. The summed E-state index contributed by atoms with van der Waals surface area (Å²) in [7, 11) is 1.70. The van der Waals surface area contributed by atoms with Gasteiger partial charge in [0.15, 0.2) is 0 Å². The molecule has 0 radical (unpaired) electrons. The predicted octanol–water partition coefficient (Wildman–Crippen LogP) is 9.78. The number of nitrogens with zero attached hydrogens (tertiary/aromatic N) is 10. The largest absolute Gasteiger partial charge is 0.340 e. The van der Waals surface area contributed by atoms with Gasteiger partial charge in [-0.2, -0.15) is 5.10 Å². The van der Waals surface area contributed by atoms with Gasteiger partial charge in [0.05, 0.1) is 97.5 Å². The van der Waals surface area contributed by atoms with Crippen molar-refractivity contribution in [3.8, 4) is 33.1 Å². The Morgan fingerprint density at radius 3 is 1.35 bits per heavy atom. The first-order chi connectivity index (χ1) is 43.9. The number of hydrogen-bond acceptors (Lipinski definition) is 13. The van der Waals surface area contributed by atoms with E-state index in [0.29, 0.717) is 41.3 Å². The summed E-state index contributed by atoms with van der Waals surface area (Å²) in [5.41, 5.74) is 5.63. The van der Waals surface area contributed by atoms with Crippen molar-refractivity contribution in [2.45, 2.75) is 55.5 Å². The van der Waals surface area contributed by atoms with Gasteiger partial charge in [-0.15, -0.1) is 34.0 Å². The summed E-state index contributed by atoms with van der Waals surface area (Å²) in [6.45, 7) is 0. The molecule has 9 heterocycles. The number of halogens is 6. The molecule has 3 amide bonds. The molecule has 3 fully saturated rings. The monoisotopic (exact) mass is 1440 g/mol. The van der Waals surface area contributed by atoms with Gasteiger partial charge in [0, 0.05) is 116 Å². The zero-order valence-electron chi connectivity index (χ0n) is 50.4. The molecular formula is C59H62Cl3F3N16O6S6. The Hall–Kier alpha value is -6.79. The molecule has 93 heavy (non-hydrogen) atoms. The lowest BCUT2D eigenvalue weighted by Crippen LogP contribution is -2.55. The van der Waals surface area contributed by atoms with E-state index in [1.54, 1.807) is 50.9 Å². The molecule has 9 aromatic rings. The molecule has 3 aliphatic heterocycles. The van der Waals surface area contributed by atoms with Crippen molar-refractivity contribution >= 4 is 151 Å². The topological polar surface area (TPSA) is 251 Å². The highest BCUT2D eigenvalue weighted by Gasteiger charge is 2.41. The number of carbonyl (C=O) groups is 3. The average Bonchev–Trinajstić information content (AvgIpc) is 1.72. The number of nitrogens with one attached hydrogen (secondary N) is 6. The van der Waals surface area contributed by atoms with Gasteiger partial charge < -0.3 is 25.1 Å². The van der Waals surface area contributed by atoms with E-state index < -0.39 is 77.2 Å². The Morgan fingerprint density at radius 2 is 0.957 bits per heavy atom. The standard InChI is InChI=1S/2C20H21ClFN5O2S2.C19H20ClFN6O2S2/c1-26-9-17(23-11-26)12-6-19(30-10-12)16-8-18(27(2)31(3,29)25-16)20(28)24-13-4-5-15(22)14(21)7-13;1-26-17(6-7-23-26)12-8-19(30-11-12)16-10-18(27(2)31(3,29)25-16)20(28)24-13-4-5-15(22)14(21)9-13;1-26-9-15(23-10-26)17-8-22-19(30-17)14-7-16(27(2)31(3,29)25-14)18(28)24-11-4-5-13(21)12(20)6-11/h4-7,9-11,16,18H,3,8H2,1-2H3,(H,24,28)(H,25,29);4-9,11,16,18H,3,10H2,1-2H3,(H,24,28)(H,25,29);4-6,8-10,14,16H,3,7H2,1-2H3,(H,24,28)(H,25,29). The van der Waals surface area contributed by atoms with Crippen molar-refractivity contribution in [2.75, 3.05) is 37.1 Å². The second-order valence-corrected chi connectivity index (χ2v) is 32.4. The van der Waals surface area contributed by atoms with Crippen LogP contribution in [-0.2, 0) is 65.2 Å². The van der Waals surface area contributed by atoms with E-state index in [0.717, 1.165) is 42.8 Å². The highest BCUT2D eigenvalue weighted by molar-refractivity contribution is 7.97. The highest BCUT2D eigenvalue weighted by atomic mass is 35.5. The van der Waals surface area contributed by atoms with E-state index in [1.165, 1.54) is 102 Å². The molecule has 12 rings (SSSR count). The van der Waals surface area contributed by atoms with E-state index in [1.807, 2.05) is 71.6 Å². The van der Waals surface area contributed by atoms with Crippen LogP contribution in [0.15, 0.2) is 121 Å². The lowest BCUT2D eigenvalue weighted by molar-refractivity contribution is -0.120. The highest BCUT2D eigenvalue weighted by Crippen LogP contribution is 2.39. The van der Waals surface area contributed by atoms with Gasteiger partial charge in [0.1, 0.15) is 40.6 Å². The quantitative estimate of drug-likeness (QED) is 0.0632. The Kier molecular flexibility index (Phi) is 21.0. The number of thiophene rings is 2. The molecule has 9 atom stereocenters. The molecule has 6 aromatic heterocycles. The number of hydrogen-bond donors (Lipinski definition) is 6. The van der Waals surface area contributed by atoms with Crippen LogP contribution in [0.4, 0.5) is 30.2 Å². The fourth-order valence-corrected chi connectivity index (χ4v) is 18.1. The van der Waals surface area contributed by atoms with Crippen LogP contribution in [0.25, 0.3) is 33.1 Å². The Bertz CT molecular complexity index is 4440. The van der Waals surface area contributed by atoms with Crippen molar-refractivity contribution in [1.29, 1.82) is 0 Å². The first-order valence-corrected chi connectivity index (χ1v) is 36.7. The number of benzene rings is 3. The van der Waals surface area contributed by atoms with Crippen molar-refractivity contribution in [3.63, 3.8) is 0 Å². The van der Waals surface area contributed by atoms with Crippen LogP contribution in [0.2, 0.25) is 15.1 Å². The summed E-state index contributed by atoms with van der Waals surface area (Å²) in [6.07, 6.45) is 11.8. The average molecular weight is 1450 g/mol. The fraction of sp³-hybridized carbons (Fsp3) is 0.254. The first-order valence-electron chi connectivity index (χ1n) is 27.9. The fourth-order valence-electron chi connectivity index (χ4n) is 10.2. The van der Waals surface area contributed by atoms with E-state index in [2.05, 4.69) is 67.8 Å². The van der Waals surface area contributed by atoms with Gasteiger partial charge in [-0.1, -0.05) is 34.8 Å². The van der Waals surface area contributed by atoms with Gasteiger partial charge in [-0.25, -0.2) is 67.8 Å². The summed E-state index contributed by atoms with van der Waals surface area (Å²) < 4.78 is 98.5. The molecule has 0 spiro atoms. The number of anilines is 3. The van der Waals surface area contributed by atoms with Gasteiger partial charge in [0.2, 0.25) is 17.7 Å². The number of carbonyl (C=O) groups excluding carboxylic acids is 3. The van der Waals surface area contributed by atoms with E-state index >= 15 is 0 Å². The predicted molar refractivity (Wildman–Crippen MR) is 369 cm³/mol. The zero-order valence-corrected chi connectivity index (χ0v) is 57.6. The Labute approximate surface area is 562 Å². The van der Waals surface area contributed by atoms with Crippen molar-refractivity contribution in [1.82, 2.24) is 60.9 Å². The number of aryl methyl sites for hydroxylation is 3. The van der Waals surface area contributed by atoms with Crippen LogP contribution in [0.1, 0.15) is 52.1 Å². The summed E-state index contributed by atoms with van der Waals surface area (Å²) in [5, 5.41) is 16.8. The van der Waals surface area contributed by atoms with E-state index in [4.69, 9.17) is 34.8 Å². The van der Waals surface area contributed by atoms with Crippen molar-refractivity contribution < 1.29 is 40.2 Å². The third-order valence-corrected chi connectivity index (χ3v) is 25.0. The van der Waals surface area contributed by atoms with Crippen LogP contribution in [-0.4, -0.2) is 134 Å². The molecule has 0 aliphatic carbocycles. The SMILES string of the molecule is C=S1(=O)NC(c2cc(-c3ccnn3C)cs2)CC(C(=O)Nc2ccc(F)c(Cl)c2)N1C.C=S1(=O)NC(c2cc(-c3cn(C)cn3)cs2)CC(C(=O)Nc2ccc(F)c(Cl)c2)N1C.C=S1(=O)NC(c2ncc(-c3cn(C)cn3)s2)CC(C(=O)Nc2ccc(F)c(Cl)c2)N1C. The minimum absolute atomic E-state index is 0.0865. The van der Waals surface area contributed by atoms with Crippen LogP contribution < -0.4 is 30.1 Å². The maximum Gasteiger partial charge on any atom is 0.242 e. The van der Waals surface area contributed by atoms with Crippen LogP contribution in [0.5, 0.6) is 0 Å². The lowest BCUT2D eigenvalue weighted by Gasteiger charge is -2.39. The Balaban J connectivity index is 0.000000153. The normalized spacial score (nSPS) is 24.3. The number of imidazole rings is 2. The number of aromatic nitrogens is 7. The molecule has 3 aromatic carbocycles. The molecular weight excluding hydrogens is 1380 g/mol. The molecule has 0 saturated carbocycles. The molecule has 22 nitrogen and oxygen atoms in total. The summed E-state index contributed by atoms with van der Waals surface area (Å²) in [4.78, 5) is 54.8. The molecule has 34 heteroatoms. The second kappa shape index (κ2) is 28.3. The number of likely N-dealkylation sites (N-methyl/N-ethyl adjacent to an activating group) is 3. The third kappa shape index (κ3) is 16.0. The third-order valence-electron chi connectivity index (χ3n) is 15.4. The summed E-state index contributed by atoms with van der Waals surface area (Å²) in [6, 6.07) is 14.5. The van der Waals surface area contributed by atoms with Gasteiger partial charge in [-0.3, -0.25) is 19.1 Å². The maximum atomic E-state index is 13.4. The number of thiazole rings is 1. The Morgan fingerprint density at radius 1 is 0.559 bits per heavy atom. The zero-order chi connectivity index (χ0) is 67.0. The van der Waals surface area contributed by atoms with Crippen LogP contribution >= 0.6 is 68.8 Å². The van der Waals surface area contributed by atoms with Crippen molar-refractivity contribution in [2.24, 2.45) is 21.1 Å². The first kappa shape index (κ1) is 69.1. The van der Waals surface area contributed by atoms with Gasteiger partial charge >= 0.3 is 0 Å². The molecule has 3 saturated heterocycles. The van der Waals surface area contributed by atoms with Crippen LogP contribution in [0.3, 0.4) is 0 Å². The van der Waals surface area contributed by atoms with E-state index in [9.17, 15) is 40.2 Å².